The number of hydrogen-bond acceptors (Lipinski definition) is 4. The molecule has 0 fully saturated rings. The van der Waals surface area contributed by atoms with Crippen LogP contribution in [0.4, 0.5) is 0 Å². The van der Waals surface area contributed by atoms with Crippen molar-refractivity contribution < 1.29 is 9.53 Å². The lowest BCUT2D eigenvalue weighted by Gasteiger charge is -2.17. The molecule has 96 valence electrons. The highest BCUT2D eigenvalue weighted by Gasteiger charge is 2.10. The van der Waals surface area contributed by atoms with Crippen molar-refractivity contribution in [1.82, 2.24) is 10.6 Å². The Balaban J connectivity index is 3.77. The maximum atomic E-state index is 11.4. The second-order valence-electron chi connectivity index (χ2n) is 4.19. The van der Waals surface area contributed by atoms with Crippen LogP contribution in [0.3, 0.4) is 0 Å². The van der Waals surface area contributed by atoms with Gasteiger partial charge >= 0.3 is 0 Å². The standard InChI is InChI=1S/C11H25N3O2/c1-9(2)14-11(15)7-13-10(8-16-3)5-4-6-12/h9-10,13H,4-8,12H2,1-3H3,(H,14,15). The molecule has 0 spiro atoms. The Kier molecular flexibility index (Phi) is 9.18. The van der Waals surface area contributed by atoms with Gasteiger partial charge in [0.15, 0.2) is 0 Å². The fourth-order valence-electron chi connectivity index (χ4n) is 1.42. The molecule has 0 aliphatic rings. The summed E-state index contributed by atoms with van der Waals surface area (Å²) in [6, 6.07) is 0.380. The van der Waals surface area contributed by atoms with Gasteiger partial charge in [-0.25, -0.2) is 0 Å². The molecule has 0 saturated carbocycles. The van der Waals surface area contributed by atoms with E-state index >= 15 is 0 Å². The molecule has 1 amide bonds. The molecule has 4 N–H and O–H groups in total. The van der Waals surface area contributed by atoms with E-state index in [0.717, 1.165) is 12.8 Å². The third-order valence-electron chi connectivity index (χ3n) is 2.13. The number of hydrogen-bond donors (Lipinski definition) is 3. The Morgan fingerprint density at radius 2 is 2.12 bits per heavy atom. The average molecular weight is 231 g/mol. The molecule has 1 atom stereocenters. The number of rotatable bonds is 9. The fourth-order valence-corrected chi connectivity index (χ4v) is 1.42. The van der Waals surface area contributed by atoms with Gasteiger partial charge in [-0.1, -0.05) is 0 Å². The maximum Gasteiger partial charge on any atom is 0.234 e. The van der Waals surface area contributed by atoms with Crippen LogP contribution in [-0.4, -0.2) is 44.8 Å². The summed E-state index contributed by atoms with van der Waals surface area (Å²) in [6.45, 7) is 5.49. The first-order valence-electron chi connectivity index (χ1n) is 5.81. The number of ether oxygens (including phenoxy) is 1. The van der Waals surface area contributed by atoms with Gasteiger partial charge in [-0.3, -0.25) is 4.79 Å². The van der Waals surface area contributed by atoms with Crippen molar-refractivity contribution in [2.75, 3.05) is 26.8 Å². The molecular formula is C11H25N3O2. The molecular weight excluding hydrogens is 206 g/mol. The Labute approximate surface area is 98.1 Å². The smallest absolute Gasteiger partial charge is 0.234 e. The van der Waals surface area contributed by atoms with Crippen molar-refractivity contribution >= 4 is 5.91 Å². The number of amides is 1. The third kappa shape index (κ3) is 8.64. The number of carbonyl (C=O) groups excluding carboxylic acids is 1. The van der Waals surface area contributed by atoms with E-state index < -0.39 is 0 Å². The summed E-state index contributed by atoms with van der Waals surface area (Å²) in [5.41, 5.74) is 5.45. The highest BCUT2D eigenvalue weighted by atomic mass is 16.5. The normalized spacial score (nSPS) is 12.8. The first kappa shape index (κ1) is 15.3. The van der Waals surface area contributed by atoms with Crippen LogP contribution in [0.25, 0.3) is 0 Å². The minimum atomic E-state index is 0.0175. The van der Waals surface area contributed by atoms with Gasteiger partial charge < -0.3 is 21.1 Å². The highest BCUT2D eigenvalue weighted by molar-refractivity contribution is 5.78. The Morgan fingerprint density at radius 1 is 1.44 bits per heavy atom. The highest BCUT2D eigenvalue weighted by Crippen LogP contribution is 1.96. The van der Waals surface area contributed by atoms with Gasteiger partial charge in [0.1, 0.15) is 0 Å². The van der Waals surface area contributed by atoms with Crippen molar-refractivity contribution in [2.45, 2.75) is 38.8 Å². The summed E-state index contributed by atoms with van der Waals surface area (Å²) in [5.74, 6) is 0.0175. The molecule has 0 aromatic heterocycles. The van der Waals surface area contributed by atoms with E-state index in [9.17, 15) is 4.79 Å². The van der Waals surface area contributed by atoms with Gasteiger partial charge in [-0.2, -0.15) is 0 Å². The number of methoxy groups -OCH3 is 1. The largest absolute Gasteiger partial charge is 0.383 e. The predicted molar refractivity (Wildman–Crippen MR) is 65.2 cm³/mol. The molecule has 1 unspecified atom stereocenters. The van der Waals surface area contributed by atoms with Crippen LogP contribution >= 0.6 is 0 Å². The molecule has 0 heterocycles. The quantitative estimate of drug-likeness (QED) is 0.516. The van der Waals surface area contributed by atoms with Gasteiger partial charge in [-0.15, -0.1) is 0 Å². The summed E-state index contributed by atoms with van der Waals surface area (Å²) in [4.78, 5) is 11.4. The first-order chi connectivity index (χ1) is 7.60. The van der Waals surface area contributed by atoms with Gasteiger partial charge in [0.2, 0.25) is 5.91 Å². The van der Waals surface area contributed by atoms with Gasteiger partial charge in [0.05, 0.1) is 13.2 Å². The molecule has 0 aromatic rings. The molecule has 5 nitrogen and oxygen atoms in total. The summed E-state index contributed by atoms with van der Waals surface area (Å²) in [7, 11) is 1.66. The lowest BCUT2D eigenvalue weighted by molar-refractivity contribution is -0.120. The summed E-state index contributed by atoms with van der Waals surface area (Å²) < 4.78 is 5.08. The zero-order chi connectivity index (χ0) is 12.4. The Hall–Kier alpha value is -0.650. The number of carbonyl (C=O) groups is 1. The SMILES string of the molecule is COCC(CCCN)NCC(=O)NC(C)C. The predicted octanol–water partition coefficient (Wildman–Crippen LogP) is -0.145. The Bertz CT molecular complexity index is 186. The van der Waals surface area contributed by atoms with Gasteiger partial charge in [0.25, 0.3) is 0 Å². The first-order valence-corrected chi connectivity index (χ1v) is 5.81. The van der Waals surface area contributed by atoms with Crippen LogP contribution in [0.2, 0.25) is 0 Å². The molecule has 0 rings (SSSR count). The van der Waals surface area contributed by atoms with Gasteiger partial charge in [0, 0.05) is 19.2 Å². The molecule has 0 aliphatic heterocycles. The van der Waals surface area contributed by atoms with Crippen molar-refractivity contribution in [3.8, 4) is 0 Å². The van der Waals surface area contributed by atoms with Crippen LogP contribution in [0.5, 0.6) is 0 Å². The molecule has 5 heteroatoms. The molecule has 0 saturated heterocycles. The second-order valence-corrected chi connectivity index (χ2v) is 4.19. The zero-order valence-corrected chi connectivity index (χ0v) is 10.6. The third-order valence-corrected chi connectivity index (χ3v) is 2.13. The van der Waals surface area contributed by atoms with E-state index in [0.29, 0.717) is 19.7 Å². The molecule has 0 radical (unpaired) electrons. The van der Waals surface area contributed by atoms with E-state index in [4.69, 9.17) is 10.5 Å². The van der Waals surface area contributed by atoms with Crippen molar-refractivity contribution in [3.05, 3.63) is 0 Å². The van der Waals surface area contributed by atoms with Crippen LogP contribution in [0.15, 0.2) is 0 Å². The molecule has 0 bridgehead atoms. The van der Waals surface area contributed by atoms with E-state index in [2.05, 4.69) is 10.6 Å². The lowest BCUT2D eigenvalue weighted by Crippen LogP contribution is -2.43. The fraction of sp³-hybridized carbons (Fsp3) is 0.909. The van der Waals surface area contributed by atoms with E-state index in [1.54, 1.807) is 7.11 Å². The lowest BCUT2D eigenvalue weighted by atomic mass is 10.1. The van der Waals surface area contributed by atoms with Crippen molar-refractivity contribution in [2.24, 2.45) is 5.73 Å². The van der Waals surface area contributed by atoms with Crippen LogP contribution in [-0.2, 0) is 9.53 Å². The zero-order valence-electron chi connectivity index (χ0n) is 10.6. The van der Waals surface area contributed by atoms with Gasteiger partial charge in [-0.05, 0) is 33.2 Å². The van der Waals surface area contributed by atoms with E-state index in [1.165, 1.54) is 0 Å². The van der Waals surface area contributed by atoms with Crippen LogP contribution in [0, 0.1) is 0 Å². The second kappa shape index (κ2) is 9.57. The van der Waals surface area contributed by atoms with Crippen LogP contribution in [0.1, 0.15) is 26.7 Å². The topological polar surface area (TPSA) is 76.4 Å². The minimum Gasteiger partial charge on any atom is -0.383 e. The average Bonchev–Trinajstić information content (AvgIpc) is 2.21. The minimum absolute atomic E-state index is 0.0175. The van der Waals surface area contributed by atoms with Crippen LogP contribution < -0.4 is 16.4 Å². The van der Waals surface area contributed by atoms with Crippen molar-refractivity contribution in [3.63, 3.8) is 0 Å². The Morgan fingerprint density at radius 3 is 2.62 bits per heavy atom. The molecule has 0 aliphatic carbocycles. The monoisotopic (exact) mass is 231 g/mol. The maximum absolute atomic E-state index is 11.4. The summed E-state index contributed by atoms with van der Waals surface area (Å²) in [6.07, 6.45) is 1.87. The molecule has 16 heavy (non-hydrogen) atoms. The van der Waals surface area contributed by atoms with E-state index in [-0.39, 0.29) is 18.0 Å². The summed E-state index contributed by atoms with van der Waals surface area (Å²) >= 11 is 0. The number of nitrogens with one attached hydrogen (secondary N) is 2. The van der Waals surface area contributed by atoms with E-state index in [1.807, 2.05) is 13.8 Å². The van der Waals surface area contributed by atoms with Crippen molar-refractivity contribution in [1.29, 1.82) is 0 Å². The molecule has 0 aromatic carbocycles. The number of nitrogens with two attached hydrogens (primary N) is 1. The summed E-state index contributed by atoms with van der Waals surface area (Å²) in [5, 5.41) is 6.00.